The number of fused-ring (bicyclic) bond motifs is 1. The molecule has 0 spiro atoms. The van der Waals surface area contributed by atoms with Crippen molar-refractivity contribution in [1.82, 2.24) is 39.8 Å². The molecule has 2 aromatic carbocycles. The van der Waals surface area contributed by atoms with Gasteiger partial charge in [-0.15, -0.1) is 5.10 Å². The summed E-state index contributed by atoms with van der Waals surface area (Å²) >= 11 is 0. The molecular weight excluding hydrogens is 406 g/mol. The maximum atomic E-state index is 12.7. The number of hydrogen-bond donors (Lipinski definition) is 2. The van der Waals surface area contributed by atoms with Crippen LogP contribution >= 0.6 is 0 Å². The molecule has 3 aromatic heterocycles. The number of aromatic nitrogens is 7. The Labute approximate surface area is 182 Å². The fraction of sp³-hybridized carbons (Fsp3) is 0.0909. The minimum absolute atomic E-state index is 0.234. The Morgan fingerprint density at radius 1 is 0.969 bits per heavy atom. The number of nitrogens with one attached hydrogen (secondary N) is 1. The molecule has 0 aliphatic carbocycles. The van der Waals surface area contributed by atoms with Crippen LogP contribution in [0.25, 0.3) is 16.9 Å². The molecular formula is C22H19N9O. The highest BCUT2D eigenvalue weighted by atomic mass is 16.2. The van der Waals surface area contributed by atoms with Gasteiger partial charge in [-0.25, -0.2) is 19.6 Å². The fourth-order valence-electron chi connectivity index (χ4n) is 3.40. The first-order valence-corrected chi connectivity index (χ1v) is 9.92. The van der Waals surface area contributed by atoms with Crippen LogP contribution in [0.1, 0.15) is 21.6 Å². The van der Waals surface area contributed by atoms with Crippen LogP contribution in [-0.4, -0.2) is 40.4 Å². The summed E-state index contributed by atoms with van der Waals surface area (Å²) in [4.78, 5) is 25.2. The van der Waals surface area contributed by atoms with Crippen molar-refractivity contribution < 1.29 is 4.79 Å². The average molecular weight is 425 g/mol. The number of carbonyl (C=O) groups is 1. The molecule has 3 heterocycles. The van der Waals surface area contributed by atoms with Gasteiger partial charge in [-0.1, -0.05) is 47.7 Å². The third kappa shape index (κ3) is 3.76. The fourth-order valence-corrected chi connectivity index (χ4v) is 3.40. The minimum atomic E-state index is -0.234. The number of imidazole rings is 1. The van der Waals surface area contributed by atoms with Crippen LogP contribution in [0.3, 0.4) is 0 Å². The first kappa shape index (κ1) is 19.4. The van der Waals surface area contributed by atoms with E-state index in [-0.39, 0.29) is 5.91 Å². The van der Waals surface area contributed by atoms with Gasteiger partial charge in [0.1, 0.15) is 18.3 Å². The Kier molecular flexibility index (Phi) is 5.00. The normalized spacial score (nSPS) is 11.0. The van der Waals surface area contributed by atoms with Crippen molar-refractivity contribution >= 4 is 22.9 Å². The largest absolute Gasteiger partial charge is 0.382 e. The van der Waals surface area contributed by atoms with E-state index in [0.29, 0.717) is 35.8 Å². The van der Waals surface area contributed by atoms with E-state index in [1.165, 1.54) is 12.5 Å². The summed E-state index contributed by atoms with van der Waals surface area (Å²) in [6, 6.07) is 17.5. The molecule has 1 amide bonds. The number of anilines is 1. The second-order valence-corrected chi connectivity index (χ2v) is 7.16. The molecule has 5 aromatic rings. The molecule has 0 atom stereocenters. The van der Waals surface area contributed by atoms with Crippen LogP contribution in [0.2, 0.25) is 0 Å². The lowest BCUT2D eigenvalue weighted by molar-refractivity contribution is 0.0940. The van der Waals surface area contributed by atoms with Crippen LogP contribution in [0.15, 0.2) is 73.4 Å². The standard InChI is InChI=1S/C22H19N9O/c23-20-19-21(26-13-25-20)30(14-27-19)17-8-6-15(7-9-17)10-24-22(32)18-11-28-29-31(18)12-16-4-2-1-3-5-16/h1-9,11,13-14H,10,12H2,(H,24,32)(H2,23,25,26). The predicted octanol–water partition coefficient (Wildman–Crippen LogP) is 1.97. The number of hydrogen-bond acceptors (Lipinski definition) is 7. The summed E-state index contributed by atoms with van der Waals surface area (Å²) in [5.74, 6) is 0.108. The van der Waals surface area contributed by atoms with E-state index in [1.807, 2.05) is 59.2 Å². The van der Waals surface area contributed by atoms with Gasteiger partial charge in [0, 0.05) is 12.2 Å². The van der Waals surface area contributed by atoms with E-state index in [2.05, 4.69) is 30.6 Å². The van der Waals surface area contributed by atoms with Gasteiger partial charge in [0.05, 0.1) is 12.7 Å². The lowest BCUT2D eigenvalue weighted by Gasteiger charge is -2.09. The second-order valence-electron chi connectivity index (χ2n) is 7.16. The Balaban J connectivity index is 1.26. The lowest BCUT2D eigenvalue weighted by atomic mass is 10.2. The van der Waals surface area contributed by atoms with Gasteiger partial charge >= 0.3 is 0 Å². The molecule has 158 valence electrons. The summed E-state index contributed by atoms with van der Waals surface area (Å²) in [7, 11) is 0. The van der Waals surface area contributed by atoms with Crippen LogP contribution in [0.4, 0.5) is 5.82 Å². The maximum Gasteiger partial charge on any atom is 0.271 e. The summed E-state index contributed by atoms with van der Waals surface area (Å²) in [5, 5.41) is 10.8. The van der Waals surface area contributed by atoms with Crippen molar-refractivity contribution in [2.24, 2.45) is 0 Å². The third-order valence-electron chi connectivity index (χ3n) is 5.05. The molecule has 32 heavy (non-hydrogen) atoms. The van der Waals surface area contributed by atoms with Crippen LogP contribution in [-0.2, 0) is 13.1 Å². The SMILES string of the molecule is Nc1ncnc2c1ncn2-c1ccc(CNC(=O)c2cnnn2Cc2ccccc2)cc1. The Morgan fingerprint density at radius 2 is 1.78 bits per heavy atom. The number of rotatable bonds is 6. The van der Waals surface area contributed by atoms with Crippen LogP contribution < -0.4 is 11.1 Å². The number of benzene rings is 2. The van der Waals surface area contributed by atoms with Crippen molar-refractivity contribution in [3.05, 3.63) is 90.3 Å². The predicted molar refractivity (Wildman–Crippen MR) is 118 cm³/mol. The number of nitrogen functional groups attached to an aromatic ring is 1. The Bertz CT molecular complexity index is 1370. The smallest absolute Gasteiger partial charge is 0.271 e. The van der Waals surface area contributed by atoms with Crippen molar-refractivity contribution in [2.75, 3.05) is 5.73 Å². The molecule has 0 aliphatic heterocycles. The zero-order valence-corrected chi connectivity index (χ0v) is 17.0. The second kappa shape index (κ2) is 8.26. The van der Waals surface area contributed by atoms with Crippen LogP contribution in [0, 0.1) is 0 Å². The molecule has 0 saturated heterocycles. The minimum Gasteiger partial charge on any atom is -0.382 e. The first-order chi connectivity index (χ1) is 15.7. The zero-order valence-electron chi connectivity index (χ0n) is 17.0. The van der Waals surface area contributed by atoms with Gasteiger partial charge < -0.3 is 11.1 Å². The highest BCUT2D eigenvalue weighted by molar-refractivity contribution is 5.92. The monoisotopic (exact) mass is 425 g/mol. The molecule has 3 N–H and O–H groups in total. The van der Waals surface area contributed by atoms with Gasteiger partial charge in [-0.05, 0) is 23.3 Å². The first-order valence-electron chi connectivity index (χ1n) is 9.92. The molecule has 0 bridgehead atoms. The molecule has 0 aliphatic rings. The van der Waals surface area contributed by atoms with E-state index in [4.69, 9.17) is 5.73 Å². The third-order valence-corrected chi connectivity index (χ3v) is 5.05. The lowest BCUT2D eigenvalue weighted by Crippen LogP contribution is -2.26. The quantitative estimate of drug-likeness (QED) is 0.425. The molecule has 5 rings (SSSR count). The van der Waals surface area contributed by atoms with E-state index in [9.17, 15) is 4.79 Å². The Hall–Kier alpha value is -4.60. The van der Waals surface area contributed by atoms with E-state index < -0.39 is 0 Å². The van der Waals surface area contributed by atoms with Crippen molar-refractivity contribution in [3.63, 3.8) is 0 Å². The van der Waals surface area contributed by atoms with Crippen LogP contribution in [0.5, 0.6) is 0 Å². The number of nitrogens with zero attached hydrogens (tertiary/aromatic N) is 7. The molecule has 0 unspecified atom stereocenters. The summed E-state index contributed by atoms with van der Waals surface area (Å²) in [6.45, 7) is 0.848. The van der Waals surface area contributed by atoms with Gasteiger partial charge in [0.15, 0.2) is 17.0 Å². The van der Waals surface area contributed by atoms with E-state index in [1.54, 1.807) is 11.0 Å². The number of nitrogens with two attached hydrogens (primary N) is 1. The summed E-state index contributed by atoms with van der Waals surface area (Å²) in [6.07, 6.45) is 4.55. The zero-order chi connectivity index (χ0) is 21.9. The number of carbonyl (C=O) groups excluding carboxylic acids is 1. The molecule has 10 nitrogen and oxygen atoms in total. The van der Waals surface area contributed by atoms with E-state index >= 15 is 0 Å². The van der Waals surface area contributed by atoms with E-state index in [0.717, 1.165) is 16.8 Å². The van der Waals surface area contributed by atoms with Crippen molar-refractivity contribution in [2.45, 2.75) is 13.1 Å². The molecule has 0 fully saturated rings. The topological polar surface area (TPSA) is 129 Å². The average Bonchev–Trinajstić information content (AvgIpc) is 3.47. The highest BCUT2D eigenvalue weighted by Gasteiger charge is 2.14. The Morgan fingerprint density at radius 3 is 2.59 bits per heavy atom. The summed E-state index contributed by atoms with van der Waals surface area (Å²) in [5.41, 5.74) is 10.3. The number of amides is 1. The molecule has 0 saturated carbocycles. The van der Waals surface area contributed by atoms with Crippen molar-refractivity contribution in [3.8, 4) is 5.69 Å². The van der Waals surface area contributed by atoms with Gasteiger partial charge in [-0.2, -0.15) is 0 Å². The van der Waals surface area contributed by atoms with Gasteiger partial charge in [0.2, 0.25) is 0 Å². The van der Waals surface area contributed by atoms with Crippen molar-refractivity contribution in [1.29, 1.82) is 0 Å². The summed E-state index contributed by atoms with van der Waals surface area (Å²) < 4.78 is 3.43. The highest BCUT2D eigenvalue weighted by Crippen LogP contribution is 2.19. The van der Waals surface area contributed by atoms with Gasteiger partial charge in [-0.3, -0.25) is 9.36 Å². The molecule has 10 heteroatoms. The maximum absolute atomic E-state index is 12.7. The van der Waals surface area contributed by atoms with Gasteiger partial charge in [0.25, 0.3) is 5.91 Å². The molecule has 0 radical (unpaired) electrons.